The number of hydrogen-bond donors (Lipinski definition) is 0. The van der Waals surface area contributed by atoms with E-state index >= 15 is 0 Å². The second kappa shape index (κ2) is 7.90. The number of imide groups is 1. The Morgan fingerprint density at radius 3 is 2.26 bits per heavy atom. The highest BCUT2D eigenvalue weighted by atomic mass is 16.6. The number of nitrogens with zero attached hydrogens (tertiary/aromatic N) is 3. The van der Waals surface area contributed by atoms with E-state index in [4.69, 9.17) is 9.47 Å². The minimum atomic E-state index is -1.94. The molecule has 0 aromatic heterocycles. The van der Waals surface area contributed by atoms with Crippen LogP contribution in [-0.4, -0.2) is 70.7 Å². The topological polar surface area (TPSA) is 153 Å². The Balaban J connectivity index is 1.86. The van der Waals surface area contributed by atoms with Gasteiger partial charge in [0.25, 0.3) is 17.5 Å². The number of carbonyl (C=O) groups is 5. The number of nitro groups is 1. The second-order valence-electron chi connectivity index (χ2n) is 8.00. The first-order chi connectivity index (χ1) is 16.1. The molecule has 0 aliphatic carbocycles. The van der Waals surface area contributed by atoms with E-state index in [9.17, 15) is 34.1 Å². The highest BCUT2D eigenvalue weighted by Gasteiger charge is 2.65. The molecule has 1 aromatic carbocycles. The average molecular weight is 469 g/mol. The monoisotopic (exact) mass is 469 g/mol. The first kappa shape index (κ1) is 22.8. The van der Waals surface area contributed by atoms with Crippen molar-refractivity contribution in [1.29, 1.82) is 0 Å². The van der Waals surface area contributed by atoms with Gasteiger partial charge < -0.3 is 14.4 Å². The summed E-state index contributed by atoms with van der Waals surface area (Å²) < 4.78 is 9.80. The number of ketones is 1. The van der Waals surface area contributed by atoms with E-state index in [1.807, 2.05) is 0 Å². The van der Waals surface area contributed by atoms with E-state index in [0.717, 1.165) is 31.3 Å². The number of amides is 2. The zero-order valence-electron chi connectivity index (χ0n) is 18.3. The standard InChI is InChI=1S/C22H19N3O9/c1-11(26)12-4-7-16-22(20(29)33-2,21(30)34-3)9-17(23(16)10-12)24-18(27)14-6-5-13(25(31)32)8-15(14)19(24)28/h4-8,10,16-17H,9H2,1-3H3/t16-,17-/m1/s1. The van der Waals surface area contributed by atoms with Crippen LogP contribution in [0.4, 0.5) is 5.69 Å². The van der Waals surface area contributed by atoms with E-state index in [1.165, 1.54) is 36.2 Å². The molecule has 3 aliphatic rings. The number of benzene rings is 1. The molecule has 2 atom stereocenters. The Bertz CT molecular complexity index is 1220. The van der Waals surface area contributed by atoms with Crippen LogP contribution in [0.15, 0.2) is 42.1 Å². The lowest BCUT2D eigenvalue weighted by molar-refractivity contribution is -0.384. The Kier molecular flexibility index (Phi) is 5.31. The molecule has 0 saturated carbocycles. The van der Waals surface area contributed by atoms with Crippen molar-refractivity contribution in [2.45, 2.75) is 25.6 Å². The lowest BCUT2D eigenvalue weighted by Crippen LogP contribution is -2.50. The second-order valence-corrected chi connectivity index (χ2v) is 8.00. The number of ether oxygens (including phenoxy) is 2. The molecular formula is C22H19N3O9. The van der Waals surface area contributed by atoms with Crippen molar-refractivity contribution in [1.82, 2.24) is 9.80 Å². The van der Waals surface area contributed by atoms with Crippen molar-refractivity contribution in [2.24, 2.45) is 5.41 Å². The Labute approximate surface area is 192 Å². The molecule has 0 radical (unpaired) electrons. The molecule has 3 aliphatic heterocycles. The summed E-state index contributed by atoms with van der Waals surface area (Å²) in [5.74, 6) is -3.77. The average Bonchev–Trinajstić information content (AvgIpc) is 3.29. The number of Topliss-reactive ketones (excluding diaryl/α,β-unsaturated/α-hetero) is 1. The van der Waals surface area contributed by atoms with E-state index in [-0.39, 0.29) is 34.6 Å². The number of hydrogen-bond acceptors (Lipinski definition) is 10. The summed E-state index contributed by atoms with van der Waals surface area (Å²) >= 11 is 0. The maximum absolute atomic E-state index is 13.3. The predicted octanol–water partition coefficient (Wildman–Crippen LogP) is 0.966. The molecule has 12 nitrogen and oxygen atoms in total. The molecule has 0 N–H and O–H groups in total. The van der Waals surface area contributed by atoms with Crippen molar-refractivity contribution in [3.8, 4) is 0 Å². The van der Waals surface area contributed by atoms with Gasteiger partial charge in [-0.1, -0.05) is 12.2 Å². The number of non-ortho nitro benzene ring substituents is 1. The van der Waals surface area contributed by atoms with Crippen molar-refractivity contribution >= 4 is 35.2 Å². The summed E-state index contributed by atoms with van der Waals surface area (Å²) in [5, 5.41) is 11.2. The number of fused-ring (bicyclic) bond motifs is 2. The van der Waals surface area contributed by atoms with E-state index in [2.05, 4.69) is 0 Å². The summed E-state index contributed by atoms with van der Waals surface area (Å²) in [4.78, 5) is 77.1. The van der Waals surface area contributed by atoms with Gasteiger partial charge in [-0.3, -0.25) is 39.0 Å². The molecule has 34 heavy (non-hydrogen) atoms. The molecule has 2 amide bonds. The van der Waals surface area contributed by atoms with E-state index in [0.29, 0.717) is 0 Å². The van der Waals surface area contributed by atoms with Gasteiger partial charge in [-0.2, -0.15) is 0 Å². The van der Waals surface area contributed by atoms with Crippen molar-refractivity contribution in [3.05, 3.63) is 63.4 Å². The third-order valence-corrected chi connectivity index (χ3v) is 6.34. The molecule has 1 saturated heterocycles. The van der Waals surface area contributed by atoms with Crippen LogP contribution in [0.1, 0.15) is 34.1 Å². The maximum atomic E-state index is 13.3. The fourth-order valence-corrected chi connectivity index (χ4v) is 4.70. The molecular weight excluding hydrogens is 450 g/mol. The number of allylic oxidation sites excluding steroid dienone is 2. The summed E-state index contributed by atoms with van der Waals surface area (Å²) in [6.07, 6.45) is 2.70. The summed E-state index contributed by atoms with van der Waals surface area (Å²) in [7, 11) is 2.18. The summed E-state index contributed by atoms with van der Waals surface area (Å²) in [6.45, 7) is 1.32. The molecule has 0 bridgehead atoms. The Morgan fingerprint density at radius 1 is 1.09 bits per heavy atom. The van der Waals surface area contributed by atoms with Crippen LogP contribution in [0.3, 0.4) is 0 Å². The highest BCUT2D eigenvalue weighted by molar-refractivity contribution is 6.22. The molecule has 1 aromatic rings. The predicted molar refractivity (Wildman–Crippen MR) is 112 cm³/mol. The van der Waals surface area contributed by atoms with Crippen molar-refractivity contribution in [3.63, 3.8) is 0 Å². The van der Waals surface area contributed by atoms with Crippen LogP contribution in [-0.2, 0) is 23.9 Å². The van der Waals surface area contributed by atoms with Gasteiger partial charge in [0.05, 0.1) is 36.3 Å². The molecule has 3 heterocycles. The van der Waals surface area contributed by atoms with Gasteiger partial charge in [0, 0.05) is 30.3 Å². The maximum Gasteiger partial charge on any atom is 0.325 e. The van der Waals surface area contributed by atoms with Crippen molar-refractivity contribution in [2.75, 3.05) is 14.2 Å². The van der Waals surface area contributed by atoms with E-state index in [1.54, 1.807) is 0 Å². The van der Waals surface area contributed by atoms with Crippen LogP contribution in [0.25, 0.3) is 0 Å². The van der Waals surface area contributed by atoms with Crippen LogP contribution in [0.5, 0.6) is 0 Å². The van der Waals surface area contributed by atoms with Crippen LogP contribution in [0, 0.1) is 15.5 Å². The first-order valence-corrected chi connectivity index (χ1v) is 10.1. The molecule has 176 valence electrons. The largest absolute Gasteiger partial charge is 0.468 e. The van der Waals surface area contributed by atoms with Crippen molar-refractivity contribution < 1.29 is 38.4 Å². The van der Waals surface area contributed by atoms with Gasteiger partial charge in [0.1, 0.15) is 6.17 Å². The third kappa shape index (κ3) is 3.02. The molecule has 4 rings (SSSR count). The molecule has 0 unspecified atom stereocenters. The molecule has 12 heteroatoms. The van der Waals surface area contributed by atoms with Gasteiger partial charge in [0.15, 0.2) is 11.2 Å². The first-order valence-electron chi connectivity index (χ1n) is 10.1. The fraction of sp³-hybridized carbons (Fsp3) is 0.318. The molecule has 0 spiro atoms. The number of carbonyl (C=O) groups excluding carboxylic acids is 5. The molecule has 1 fully saturated rings. The van der Waals surface area contributed by atoms with Gasteiger partial charge >= 0.3 is 11.9 Å². The summed E-state index contributed by atoms with van der Waals surface area (Å²) in [5.41, 5.74) is -2.31. The smallest absolute Gasteiger partial charge is 0.325 e. The van der Waals surface area contributed by atoms with Crippen LogP contribution < -0.4 is 0 Å². The minimum absolute atomic E-state index is 0.0518. The van der Waals surface area contributed by atoms with Crippen LogP contribution in [0.2, 0.25) is 0 Å². The Morgan fingerprint density at radius 2 is 1.71 bits per heavy atom. The van der Waals surface area contributed by atoms with Gasteiger partial charge in [-0.15, -0.1) is 0 Å². The normalized spacial score (nSPS) is 22.1. The third-order valence-electron chi connectivity index (χ3n) is 6.34. The number of nitro benzene ring substituents is 1. The number of esters is 2. The van der Waals surface area contributed by atoms with Gasteiger partial charge in [-0.05, 0) is 13.0 Å². The number of methoxy groups -OCH3 is 2. The fourth-order valence-electron chi connectivity index (χ4n) is 4.70. The minimum Gasteiger partial charge on any atom is -0.468 e. The van der Waals surface area contributed by atoms with Gasteiger partial charge in [0.2, 0.25) is 0 Å². The SMILES string of the molecule is COC(=O)C1(C(=O)OC)C[C@@H](N2C(=O)c3ccc([N+](=O)[O-])cc3C2=O)N2C=C(C(C)=O)C=C[C@@H]21. The van der Waals surface area contributed by atoms with Gasteiger partial charge in [-0.25, -0.2) is 0 Å². The summed E-state index contributed by atoms with van der Waals surface area (Å²) in [6, 6.07) is 2.26. The Hall–Kier alpha value is -4.35. The van der Waals surface area contributed by atoms with E-state index < -0.39 is 46.3 Å². The zero-order valence-corrected chi connectivity index (χ0v) is 18.3. The lowest BCUT2D eigenvalue weighted by atomic mass is 9.78. The quantitative estimate of drug-likeness (QED) is 0.200. The lowest BCUT2D eigenvalue weighted by Gasteiger charge is -2.36. The van der Waals surface area contributed by atoms with Crippen LogP contribution >= 0.6 is 0 Å². The zero-order chi connectivity index (χ0) is 24.9. The number of rotatable bonds is 5. The highest BCUT2D eigenvalue weighted by Crippen LogP contribution is 2.48.